The topological polar surface area (TPSA) is 69.6 Å². The van der Waals surface area contributed by atoms with Gasteiger partial charge in [0.25, 0.3) is 0 Å². The van der Waals surface area contributed by atoms with Crippen molar-refractivity contribution in [3.8, 4) is 0 Å². The molecule has 3 rings (SSSR count). The molecular formula is C18H33N5O3. The number of guanidine groups is 1. The van der Waals surface area contributed by atoms with E-state index in [0.717, 1.165) is 71.5 Å². The van der Waals surface area contributed by atoms with E-state index in [-0.39, 0.29) is 11.3 Å². The molecule has 0 aromatic heterocycles. The Morgan fingerprint density at radius 2 is 1.73 bits per heavy atom. The Morgan fingerprint density at radius 3 is 2.31 bits per heavy atom. The number of nitrogens with zero attached hydrogens (tertiary/aromatic N) is 4. The zero-order chi connectivity index (χ0) is 18.4. The molecule has 0 radical (unpaired) electrons. The number of morpholine rings is 1. The predicted octanol–water partition coefficient (Wildman–Crippen LogP) is -0.535. The van der Waals surface area contributed by atoms with Gasteiger partial charge in [0.15, 0.2) is 5.96 Å². The largest absolute Gasteiger partial charge is 0.380 e. The van der Waals surface area contributed by atoms with Gasteiger partial charge in [-0.25, -0.2) is 0 Å². The van der Waals surface area contributed by atoms with Crippen LogP contribution in [0.15, 0.2) is 4.99 Å². The van der Waals surface area contributed by atoms with Crippen molar-refractivity contribution in [2.45, 2.75) is 13.8 Å². The van der Waals surface area contributed by atoms with Gasteiger partial charge in [-0.05, 0) is 6.92 Å². The highest BCUT2D eigenvalue weighted by atomic mass is 16.5. The average Bonchev–Trinajstić information content (AvgIpc) is 2.65. The van der Waals surface area contributed by atoms with E-state index in [2.05, 4.69) is 29.0 Å². The third kappa shape index (κ3) is 5.08. The summed E-state index contributed by atoms with van der Waals surface area (Å²) in [7, 11) is 0. The highest BCUT2D eigenvalue weighted by Crippen LogP contribution is 2.26. The smallest absolute Gasteiger partial charge is 0.236 e. The first-order chi connectivity index (χ1) is 12.6. The second-order valence-corrected chi connectivity index (χ2v) is 7.73. The number of carbonyl (C=O) groups is 1. The standard InChI is InChI=1S/C18H33N5O3/c1-3-19-17(20-13-18(2)14-26-15-18)23-6-4-21(5-7-23)12-16(24)22-8-10-25-11-9-22/h3-15H2,1-2H3,(H,19,20). The van der Waals surface area contributed by atoms with Gasteiger partial charge in [-0.3, -0.25) is 14.7 Å². The number of hydrogen-bond donors (Lipinski definition) is 1. The van der Waals surface area contributed by atoms with Crippen LogP contribution >= 0.6 is 0 Å². The van der Waals surface area contributed by atoms with Crippen LogP contribution in [0.4, 0.5) is 0 Å². The molecule has 0 spiro atoms. The van der Waals surface area contributed by atoms with E-state index in [1.165, 1.54) is 0 Å². The Morgan fingerprint density at radius 1 is 1.04 bits per heavy atom. The summed E-state index contributed by atoms with van der Waals surface area (Å²) in [5.74, 6) is 1.21. The molecule has 8 nitrogen and oxygen atoms in total. The van der Waals surface area contributed by atoms with Gasteiger partial charge in [-0.1, -0.05) is 6.92 Å². The number of aliphatic imine (C=N–C) groups is 1. The van der Waals surface area contributed by atoms with E-state index in [1.54, 1.807) is 0 Å². The third-order valence-corrected chi connectivity index (χ3v) is 5.24. The normalized spacial score (nSPS) is 24.3. The lowest BCUT2D eigenvalue weighted by molar-refractivity contribution is -0.136. The molecular weight excluding hydrogens is 334 g/mol. The fourth-order valence-electron chi connectivity index (χ4n) is 3.46. The van der Waals surface area contributed by atoms with Gasteiger partial charge in [0, 0.05) is 51.2 Å². The first kappa shape index (κ1) is 19.4. The van der Waals surface area contributed by atoms with E-state index in [0.29, 0.717) is 19.8 Å². The minimum Gasteiger partial charge on any atom is -0.380 e. The van der Waals surface area contributed by atoms with Crippen molar-refractivity contribution in [3.05, 3.63) is 0 Å². The lowest BCUT2D eigenvalue weighted by Crippen LogP contribution is -2.55. The maximum absolute atomic E-state index is 12.4. The van der Waals surface area contributed by atoms with E-state index in [9.17, 15) is 4.79 Å². The molecule has 3 aliphatic rings. The maximum atomic E-state index is 12.4. The van der Waals surface area contributed by atoms with Crippen molar-refractivity contribution >= 4 is 11.9 Å². The van der Waals surface area contributed by atoms with Crippen molar-refractivity contribution in [1.29, 1.82) is 0 Å². The number of rotatable bonds is 5. The Hall–Kier alpha value is -1.38. The van der Waals surface area contributed by atoms with Crippen molar-refractivity contribution < 1.29 is 14.3 Å². The van der Waals surface area contributed by atoms with Crippen molar-refractivity contribution in [2.24, 2.45) is 10.4 Å². The molecule has 8 heteroatoms. The number of hydrogen-bond acceptors (Lipinski definition) is 5. The zero-order valence-corrected chi connectivity index (χ0v) is 16.2. The van der Waals surface area contributed by atoms with Gasteiger partial charge >= 0.3 is 0 Å². The fourth-order valence-corrected chi connectivity index (χ4v) is 3.46. The SMILES string of the molecule is CCNC(=NCC1(C)COC1)N1CCN(CC(=O)N2CCOCC2)CC1. The number of ether oxygens (including phenoxy) is 2. The summed E-state index contributed by atoms with van der Waals surface area (Å²) in [4.78, 5) is 23.7. The molecule has 1 N–H and O–H groups in total. The number of piperazine rings is 1. The van der Waals surface area contributed by atoms with Gasteiger partial charge < -0.3 is 24.6 Å². The van der Waals surface area contributed by atoms with Crippen LogP contribution in [0.1, 0.15) is 13.8 Å². The average molecular weight is 367 g/mol. The number of nitrogens with one attached hydrogen (secondary N) is 1. The van der Waals surface area contributed by atoms with Crippen LogP contribution in [0.3, 0.4) is 0 Å². The van der Waals surface area contributed by atoms with Crippen LogP contribution < -0.4 is 5.32 Å². The summed E-state index contributed by atoms with van der Waals surface area (Å²) in [5, 5.41) is 3.41. The second kappa shape index (κ2) is 9.01. The van der Waals surface area contributed by atoms with E-state index < -0.39 is 0 Å². The predicted molar refractivity (Wildman–Crippen MR) is 100 cm³/mol. The minimum atomic E-state index is 0.188. The minimum absolute atomic E-state index is 0.188. The monoisotopic (exact) mass is 367 g/mol. The van der Waals surface area contributed by atoms with E-state index >= 15 is 0 Å². The lowest BCUT2D eigenvalue weighted by Gasteiger charge is -2.39. The first-order valence-corrected chi connectivity index (χ1v) is 9.78. The van der Waals surface area contributed by atoms with Crippen molar-refractivity contribution in [3.63, 3.8) is 0 Å². The summed E-state index contributed by atoms with van der Waals surface area (Å²) < 4.78 is 10.6. The maximum Gasteiger partial charge on any atom is 0.236 e. The molecule has 0 aliphatic carbocycles. The number of carbonyl (C=O) groups excluding carboxylic acids is 1. The van der Waals surface area contributed by atoms with Crippen LogP contribution in [0.2, 0.25) is 0 Å². The van der Waals surface area contributed by atoms with Crippen LogP contribution in [-0.4, -0.2) is 112 Å². The molecule has 0 atom stereocenters. The molecule has 3 saturated heterocycles. The first-order valence-electron chi connectivity index (χ1n) is 9.78. The third-order valence-electron chi connectivity index (χ3n) is 5.24. The molecule has 3 heterocycles. The Kier molecular flexibility index (Phi) is 6.72. The zero-order valence-electron chi connectivity index (χ0n) is 16.2. The van der Waals surface area contributed by atoms with Crippen molar-refractivity contribution in [2.75, 3.05) is 85.3 Å². The molecule has 148 valence electrons. The molecule has 3 fully saturated rings. The Balaban J connectivity index is 1.46. The quantitative estimate of drug-likeness (QED) is 0.520. The van der Waals surface area contributed by atoms with Crippen molar-refractivity contribution in [1.82, 2.24) is 20.0 Å². The molecule has 0 aromatic rings. The number of amides is 1. The summed E-state index contributed by atoms with van der Waals surface area (Å²) in [6.07, 6.45) is 0. The molecule has 0 unspecified atom stereocenters. The van der Waals surface area contributed by atoms with Gasteiger partial charge in [-0.2, -0.15) is 0 Å². The van der Waals surface area contributed by atoms with Crippen LogP contribution in [-0.2, 0) is 14.3 Å². The van der Waals surface area contributed by atoms with Crippen LogP contribution in [0, 0.1) is 5.41 Å². The molecule has 1 amide bonds. The van der Waals surface area contributed by atoms with Gasteiger partial charge in [0.05, 0.1) is 39.5 Å². The molecule has 3 aliphatic heterocycles. The summed E-state index contributed by atoms with van der Waals surface area (Å²) in [6.45, 7) is 14.4. The van der Waals surface area contributed by atoms with Gasteiger partial charge in [0.1, 0.15) is 0 Å². The summed E-state index contributed by atoms with van der Waals surface area (Å²) in [5.41, 5.74) is 0.188. The van der Waals surface area contributed by atoms with Crippen LogP contribution in [0.5, 0.6) is 0 Å². The van der Waals surface area contributed by atoms with Crippen LogP contribution in [0.25, 0.3) is 0 Å². The Labute approximate surface area is 156 Å². The highest BCUT2D eigenvalue weighted by molar-refractivity contribution is 5.80. The molecule has 0 aromatic carbocycles. The lowest BCUT2D eigenvalue weighted by atomic mass is 9.89. The van der Waals surface area contributed by atoms with E-state index in [4.69, 9.17) is 14.5 Å². The summed E-state index contributed by atoms with van der Waals surface area (Å²) >= 11 is 0. The van der Waals surface area contributed by atoms with E-state index in [1.807, 2.05) is 4.90 Å². The fraction of sp³-hybridized carbons (Fsp3) is 0.889. The second-order valence-electron chi connectivity index (χ2n) is 7.73. The summed E-state index contributed by atoms with van der Waals surface area (Å²) in [6, 6.07) is 0. The Bertz CT molecular complexity index is 495. The molecule has 0 saturated carbocycles. The van der Waals surface area contributed by atoms with Gasteiger partial charge in [-0.15, -0.1) is 0 Å². The highest BCUT2D eigenvalue weighted by Gasteiger charge is 2.33. The molecule has 26 heavy (non-hydrogen) atoms. The van der Waals surface area contributed by atoms with Gasteiger partial charge in [0.2, 0.25) is 5.91 Å². The molecule has 0 bridgehead atoms.